The number of amides is 1. The van der Waals surface area contributed by atoms with Gasteiger partial charge in [0.25, 0.3) is 0 Å². The summed E-state index contributed by atoms with van der Waals surface area (Å²) in [6.07, 6.45) is 7.30. The van der Waals surface area contributed by atoms with Crippen LogP contribution in [-0.4, -0.2) is 60.5 Å². The Bertz CT molecular complexity index is 325. The summed E-state index contributed by atoms with van der Waals surface area (Å²) < 4.78 is 0. The van der Waals surface area contributed by atoms with Gasteiger partial charge in [-0.3, -0.25) is 9.69 Å². The minimum Gasteiger partial charge on any atom is -0.334 e. The van der Waals surface area contributed by atoms with Crippen LogP contribution in [0.3, 0.4) is 0 Å². The van der Waals surface area contributed by atoms with Crippen LogP contribution in [0.15, 0.2) is 25.3 Å². The van der Waals surface area contributed by atoms with Crippen molar-refractivity contribution in [3.05, 3.63) is 25.3 Å². The van der Waals surface area contributed by atoms with Gasteiger partial charge in [0.05, 0.1) is 6.54 Å². The van der Waals surface area contributed by atoms with Gasteiger partial charge >= 0.3 is 0 Å². The number of carbonyl (C=O) groups is 1. The van der Waals surface area contributed by atoms with Gasteiger partial charge in [-0.05, 0) is 33.2 Å². The van der Waals surface area contributed by atoms with Crippen molar-refractivity contribution in [2.45, 2.75) is 45.2 Å². The largest absolute Gasteiger partial charge is 0.334 e. The SMILES string of the molecule is C=CCN(CC=C)C(=O)CN(CC1CCCCN1)C(C)C. The van der Waals surface area contributed by atoms with E-state index < -0.39 is 0 Å². The number of nitrogens with zero attached hydrogens (tertiary/aromatic N) is 2. The van der Waals surface area contributed by atoms with E-state index in [4.69, 9.17) is 0 Å². The highest BCUT2D eigenvalue weighted by molar-refractivity contribution is 5.78. The highest BCUT2D eigenvalue weighted by Crippen LogP contribution is 2.10. The van der Waals surface area contributed by atoms with Gasteiger partial charge in [0.2, 0.25) is 5.91 Å². The van der Waals surface area contributed by atoms with Gasteiger partial charge in [0.15, 0.2) is 0 Å². The van der Waals surface area contributed by atoms with Crippen molar-refractivity contribution < 1.29 is 4.79 Å². The molecule has 0 aliphatic carbocycles. The van der Waals surface area contributed by atoms with Crippen molar-refractivity contribution in [3.8, 4) is 0 Å². The van der Waals surface area contributed by atoms with Gasteiger partial charge in [-0.1, -0.05) is 18.6 Å². The Hall–Kier alpha value is -1.13. The number of rotatable bonds is 9. The second kappa shape index (κ2) is 9.74. The molecule has 0 radical (unpaired) electrons. The number of carbonyl (C=O) groups excluding carboxylic acids is 1. The van der Waals surface area contributed by atoms with Crippen LogP contribution in [0, 0.1) is 0 Å². The molecule has 1 saturated heterocycles. The summed E-state index contributed by atoms with van der Waals surface area (Å²) in [5, 5.41) is 3.56. The minimum absolute atomic E-state index is 0.152. The molecule has 1 fully saturated rings. The highest BCUT2D eigenvalue weighted by atomic mass is 16.2. The Morgan fingerprint density at radius 2 is 1.95 bits per heavy atom. The molecule has 0 aromatic rings. The molecule has 4 heteroatoms. The van der Waals surface area contributed by atoms with Gasteiger partial charge in [-0.25, -0.2) is 0 Å². The van der Waals surface area contributed by atoms with E-state index in [-0.39, 0.29) is 5.91 Å². The fourth-order valence-electron chi connectivity index (χ4n) is 2.68. The Morgan fingerprint density at radius 3 is 2.43 bits per heavy atom. The van der Waals surface area contributed by atoms with Crippen molar-refractivity contribution in [2.24, 2.45) is 0 Å². The summed E-state index contributed by atoms with van der Waals surface area (Å²) in [6, 6.07) is 0.883. The minimum atomic E-state index is 0.152. The fraction of sp³-hybridized carbons (Fsp3) is 0.706. The molecular weight excluding hydrogens is 262 g/mol. The predicted octanol–water partition coefficient (Wildman–Crippen LogP) is 2.04. The standard InChI is InChI=1S/C17H31N3O/c1-5-11-19(12-6-2)17(21)14-20(15(3)4)13-16-9-7-8-10-18-16/h5-6,15-16,18H,1-2,7-14H2,3-4H3. The van der Waals surface area contributed by atoms with Crippen molar-refractivity contribution >= 4 is 5.91 Å². The van der Waals surface area contributed by atoms with E-state index >= 15 is 0 Å². The molecule has 0 aromatic heterocycles. The van der Waals surface area contributed by atoms with Gasteiger partial charge in [0.1, 0.15) is 0 Å². The summed E-state index contributed by atoms with van der Waals surface area (Å²) in [6.45, 7) is 15.4. The van der Waals surface area contributed by atoms with E-state index in [9.17, 15) is 4.79 Å². The lowest BCUT2D eigenvalue weighted by atomic mass is 10.0. The van der Waals surface area contributed by atoms with E-state index in [1.165, 1.54) is 19.3 Å². The molecule has 0 saturated carbocycles. The fourth-order valence-corrected chi connectivity index (χ4v) is 2.68. The molecular formula is C17H31N3O. The Kier molecular flexibility index (Phi) is 8.31. The average molecular weight is 293 g/mol. The normalized spacial score (nSPS) is 18.8. The lowest BCUT2D eigenvalue weighted by Crippen LogP contribution is -2.49. The number of hydrogen-bond acceptors (Lipinski definition) is 3. The van der Waals surface area contributed by atoms with Crippen molar-refractivity contribution in [2.75, 3.05) is 32.7 Å². The molecule has 0 aromatic carbocycles. The van der Waals surface area contributed by atoms with Crippen LogP contribution in [0.2, 0.25) is 0 Å². The zero-order chi connectivity index (χ0) is 15.7. The molecule has 1 N–H and O–H groups in total. The van der Waals surface area contributed by atoms with Crippen LogP contribution in [0.25, 0.3) is 0 Å². The number of nitrogens with one attached hydrogen (secondary N) is 1. The molecule has 1 heterocycles. The Labute approximate surface area is 129 Å². The smallest absolute Gasteiger partial charge is 0.237 e. The van der Waals surface area contributed by atoms with E-state index in [1.807, 2.05) is 0 Å². The highest BCUT2D eigenvalue weighted by Gasteiger charge is 2.22. The molecule has 4 nitrogen and oxygen atoms in total. The maximum Gasteiger partial charge on any atom is 0.237 e. The van der Waals surface area contributed by atoms with E-state index in [2.05, 4.69) is 37.2 Å². The monoisotopic (exact) mass is 293 g/mol. The maximum atomic E-state index is 12.4. The first-order valence-electron chi connectivity index (χ1n) is 8.05. The van der Waals surface area contributed by atoms with Crippen LogP contribution < -0.4 is 5.32 Å². The number of piperidine rings is 1. The topological polar surface area (TPSA) is 35.6 Å². The van der Waals surface area contributed by atoms with Crippen LogP contribution in [0.4, 0.5) is 0 Å². The van der Waals surface area contributed by atoms with Crippen molar-refractivity contribution in [1.29, 1.82) is 0 Å². The third-order valence-corrected chi connectivity index (χ3v) is 3.99. The summed E-state index contributed by atoms with van der Waals surface area (Å²) >= 11 is 0. The second-order valence-electron chi connectivity index (χ2n) is 6.05. The molecule has 0 bridgehead atoms. The third kappa shape index (κ3) is 6.44. The lowest BCUT2D eigenvalue weighted by molar-refractivity contribution is -0.132. The van der Waals surface area contributed by atoms with E-state index in [1.54, 1.807) is 17.1 Å². The van der Waals surface area contributed by atoms with Crippen molar-refractivity contribution in [1.82, 2.24) is 15.1 Å². The van der Waals surface area contributed by atoms with Gasteiger partial charge in [-0.2, -0.15) is 0 Å². The molecule has 21 heavy (non-hydrogen) atoms. The maximum absolute atomic E-state index is 12.4. The molecule has 0 spiro atoms. The second-order valence-corrected chi connectivity index (χ2v) is 6.05. The first kappa shape index (κ1) is 17.9. The molecule has 1 aliphatic heterocycles. The molecule has 1 aliphatic rings. The quantitative estimate of drug-likeness (QED) is 0.661. The van der Waals surface area contributed by atoms with Gasteiger partial charge < -0.3 is 10.2 Å². The summed E-state index contributed by atoms with van der Waals surface area (Å²) in [7, 11) is 0. The predicted molar refractivity (Wildman–Crippen MR) is 89.3 cm³/mol. The van der Waals surface area contributed by atoms with Crippen LogP contribution in [0.1, 0.15) is 33.1 Å². The first-order chi connectivity index (χ1) is 10.1. The van der Waals surface area contributed by atoms with Gasteiger partial charge in [-0.15, -0.1) is 13.2 Å². The first-order valence-corrected chi connectivity index (χ1v) is 8.05. The molecule has 1 rings (SSSR count). The lowest BCUT2D eigenvalue weighted by Gasteiger charge is -2.34. The zero-order valence-corrected chi connectivity index (χ0v) is 13.7. The summed E-state index contributed by atoms with van der Waals surface area (Å²) in [5.41, 5.74) is 0. The number of hydrogen-bond donors (Lipinski definition) is 1. The van der Waals surface area contributed by atoms with Crippen LogP contribution >= 0.6 is 0 Å². The summed E-state index contributed by atoms with van der Waals surface area (Å²) in [4.78, 5) is 16.5. The molecule has 1 atom stereocenters. The zero-order valence-electron chi connectivity index (χ0n) is 13.7. The Balaban J connectivity index is 2.56. The molecule has 120 valence electrons. The van der Waals surface area contributed by atoms with E-state index in [0.717, 1.165) is 13.1 Å². The third-order valence-electron chi connectivity index (χ3n) is 3.99. The molecule has 1 unspecified atom stereocenters. The Morgan fingerprint density at radius 1 is 1.29 bits per heavy atom. The van der Waals surface area contributed by atoms with Crippen LogP contribution in [-0.2, 0) is 4.79 Å². The van der Waals surface area contributed by atoms with Crippen LogP contribution in [0.5, 0.6) is 0 Å². The van der Waals surface area contributed by atoms with Crippen molar-refractivity contribution in [3.63, 3.8) is 0 Å². The summed E-state index contributed by atoms with van der Waals surface area (Å²) in [5.74, 6) is 0.152. The molecule has 1 amide bonds. The average Bonchev–Trinajstić information content (AvgIpc) is 2.47. The van der Waals surface area contributed by atoms with Gasteiger partial charge in [0, 0.05) is 31.7 Å². The van der Waals surface area contributed by atoms with E-state index in [0.29, 0.717) is 31.7 Å².